The Balaban J connectivity index is 1.80. The second kappa shape index (κ2) is 12.4. The Morgan fingerprint density at radius 2 is 1.83 bits per heavy atom. The standard InChI is InChI=1S/C22H29FN4O2/c1-3-24-22(27-16-18-9-5-6-11-20(18)29-4-2)26-13-12-25-21(28)15-17-8-7-10-19(23)14-17/h5-11,14H,3-4,12-13,15-16H2,1-2H3,(H,25,28)(H2,24,26,27). The van der Waals surface area contributed by atoms with E-state index in [1.807, 2.05) is 38.1 Å². The molecule has 0 aromatic heterocycles. The molecule has 1 amide bonds. The fourth-order valence-corrected chi connectivity index (χ4v) is 2.71. The van der Waals surface area contributed by atoms with Gasteiger partial charge in [0.15, 0.2) is 5.96 Å². The second-order valence-electron chi connectivity index (χ2n) is 6.32. The van der Waals surface area contributed by atoms with E-state index in [2.05, 4.69) is 20.9 Å². The number of nitrogens with one attached hydrogen (secondary N) is 3. The molecule has 2 rings (SSSR count). The van der Waals surface area contributed by atoms with E-state index in [9.17, 15) is 9.18 Å². The summed E-state index contributed by atoms with van der Waals surface area (Å²) in [5.41, 5.74) is 1.66. The van der Waals surface area contributed by atoms with Gasteiger partial charge in [-0.2, -0.15) is 0 Å². The maximum atomic E-state index is 13.2. The van der Waals surface area contributed by atoms with Crippen LogP contribution in [-0.4, -0.2) is 38.1 Å². The molecule has 0 fully saturated rings. The largest absolute Gasteiger partial charge is 0.494 e. The van der Waals surface area contributed by atoms with Gasteiger partial charge in [-0.25, -0.2) is 9.38 Å². The first-order valence-electron chi connectivity index (χ1n) is 9.86. The van der Waals surface area contributed by atoms with Crippen molar-refractivity contribution in [2.24, 2.45) is 4.99 Å². The summed E-state index contributed by atoms with van der Waals surface area (Å²) in [6.45, 7) is 6.72. The Morgan fingerprint density at radius 3 is 2.59 bits per heavy atom. The number of ether oxygens (including phenoxy) is 1. The van der Waals surface area contributed by atoms with Crippen molar-refractivity contribution in [1.29, 1.82) is 0 Å². The van der Waals surface area contributed by atoms with Crippen molar-refractivity contribution in [1.82, 2.24) is 16.0 Å². The smallest absolute Gasteiger partial charge is 0.224 e. The van der Waals surface area contributed by atoms with Crippen LogP contribution in [0.5, 0.6) is 5.75 Å². The van der Waals surface area contributed by atoms with Crippen LogP contribution in [0.2, 0.25) is 0 Å². The van der Waals surface area contributed by atoms with E-state index in [-0.39, 0.29) is 18.1 Å². The Morgan fingerprint density at radius 1 is 1.03 bits per heavy atom. The van der Waals surface area contributed by atoms with Crippen molar-refractivity contribution in [2.75, 3.05) is 26.2 Å². The monoisotopic (exact) mass is 400 g/mol. The van der Waals surface area contributed by atoms with Gasteiger partial charge in [-0.1, -0.05) is 30.3 Å². The number of guanidine groups is 1. The number of amides is 1. The van der Waals surface area contributed by atoms with Crippen molar-refractivity contribution in [3.63, 3.8) is 0 Å². The van der Waals surface area contributed by atoms with Crippen LogP contribution in [-0.2, 0) is 17.8 Å². The Bertz CT molecular complexity index is 811. The highest BCUT2D eigenvalue weighted by atomic mass is 19.1. The van der Waals surface area contributed by atoms with Gasteiger partial charge in [-0.3, -0.25) is 4.79 Å². The number of nitrogens with zero attached hydrogens (tertiary/aromatic N) is 1. The third-order valence-corrected chi connectivity index (χ3v) is 4.02. The molecule has 156 valence electrons. The van der Waals surface area contributed by atoms with Gasteiger partial charge in [0, 0.05) is 25.2 Å². The lowest BCUT2D eigenvalue weighted by molar-refractivity contribution is -0.120. The third-order valence-electron chi connectivity index (χ3n) is 4.02. The molecule has 0 spiro atoms. The lowest BCUT2D eigenvalue weighted by atomic mass is 10.1. The van der Waals surface area contributed by atoms with E-state index in [0.717, 1.165) is 17.9 Å². The summed E-state index contributed by atoms with van der Waals surface area (Å²) in [6.07, 6.45) is 0.153. The highest BCUT2D eigenvalue weighted by Gasteiger charge is 2.05. The van der Waals surface area contributed by atoms with Crippen molar-refractivity contribution >= 4 is 11.9 Å². The van der Waals surface area contributed by atoms with Crippen LogP contribution in [0.3, 0.4) is 0 Å². The molecule has 2 aromatic rings. The SMILES string of the molecule is CCNC(=NCc1ccccc1OCC)NCCNC(=O)Cc1cccc(F)c1. The van der Waals surface area contributed by atoms with E-state index < -0.39 is 0 Å². The van der Waals surface area contributed by atoms with Gasteiger partial charge >= 0.3 is 0 Å². The molecule has 0 unspecified atom stereocenters. The van der Waals surface area contributed by atoms with Crippen LogP contribution >= 0.6 is 0 Å². The number of hydrogen-bond donors (Lipinski definition) is 3. The molecule has 0 saturated carbocycles. The third kappa shape index (κ3) is 8.21. The van der Waals surface area contributed by atoms with Crippen LogP contribution in [0.1, 0.15) is 25.0 Å². The molecule has 29 heavy (non-hydrogen) atoms. The Hall–Kier alpha value is -3.09. The van der Waals surface area contributed by atoms with E-state index >= 15 is 0 Å². The number of aliphatic imine (C=N–C) groups is 1. The molecule has 0 heterocycles. The number of carbonyl (C=O) groups excluding carboxylic acids is 1. The molecule has 0 bridgehead atoms. The molecule has 0 atom stereocenters. The number of para-hydroxylation sites is 1. The average molecular weight is 400 g/mol. The van der Waals surface area contributed by atoms with Gasteiger partial charge in [-0.05, 0) is 37.6 Å². The molecule has 7 heteroatoms. The maximum Gasteiger partial charge on any atom is 0.224 e. The fourth-order valence-electron chi connectivity index (χ4n) is 2.71. The van der Waals surface area contributed by atoms with Crippen LogP contribution in [0, 0.1) is 5.82 Å². The van der Waals surface area contributed by atoms with Crippen molar-refractivity contribution < 1.29 is 13.9 Å². The molecule has 3 N–H and O–H groups in total. The minimum Gasteiger partial charge on any atom is -0.494 e. The molecule has 0 radical (unpaired) electrons. The van der Waals surface area contributed by atoms with Gasteiger partial charge in [0.05, 0.1) is 19.6 Å². The predicted molar refractivity (Wildman–Crippen MR) is 114 cm³/mol. The normalized spacial score (nSPS) is 11.1. The summed E-state index contributed by atoms with van der Waals surface area (Å²) in [4.78, 5) is 16.6. The molecule has 0 aliphatic rings. The molecule has 2 aromatic carbocycles. The lowest BCUT2D eigenvalue weighted by Gasteiger charge is -2.13. The van der Waals surface area contributed by atoms with E-state index in [1.165, 1.54) is 12.1 Å². The summed E-state index contributed by atoms with van der Waals surface area (Å²) < 4.78 is 18.8. The zero-order valence-corrected chi connectivity index (χ0v) is 17.0. The van der Waals surface area contributed by atoms with Crippen molar-refractivity contribution in [2.45, 2.75) is 26.8 Å². The van der Waals surface area contributed by atoms with Gasteiger partial charge in [0.2, 0.25) is 5.91 Å². The van der Waals surface area contributed by atoms with Crippen LogP contribution < -0.4 is 20.7 Å². The van der Waals surface area contributed by atoms with E-state index in [0.29, 0.717) is 37.8 Å². The number of hydrogen-bond acceptors (Lipinski definition) is 3. The molecular formula is C22H29FN4O2. The molecular weight excluding hydrogens is 371 g/mol. The summed E-state index contributed by atoms with van der Waals surface area (Å²) in [5, 5.41) is 9.20. The number of rotatable bonds is 10. The minimum atomic E-state index is -0.339. The van der Waals surface area contributed by atoms with E-state index in [4.69, 9.17) is 4.74 Å². The average Bonchev–Trinajstić information content (AvgIpc) is 2.70. The Labute approximate surface area is 171 Å². The fraction of sp³-hybridized carbons (Fsp3) is 0.364. The first-order chi connectivity index (χ1) is 14.1. The van der Waals surface area contributed by atoms with Crippen molar-refractivity contribution in [3.8, 4) is 5.75 Å². The first kappa shape index (κ1) is 22.2. The number of halogens is 1. The summed E-state index contributed by atoms with van der Waals surface area (Å²) >= 11 is 0. The van der Waals surface area contributed by atoms with Gasteiger partial charge in [0.25, 0.3) is 0 Å². The number of carbonyl (C=O) groups is 1. The highest BCUT2D eigenvalue weighted by Crippen LogP contribution is 2.18. The zero-order chi connectivity index (χ0) is 20.9. The summed E-state index contributed by atoms with van der Waals surface area (Å²) in [6, 6.07) is 13.9. The quantitative estimate of drug-likeness (QED) is 0.326. The van der Waals surface area contributed by atoms with Gasteiger partial charge < -0.3 is 20.7 Å². The second-order valence-corrected chi connectivity index (χ2v) is 6.32. The molecule has 0 aliphatic heterocycles. The minimum absolute atomic E-state index is 0.148. The molecule has 0 saturated heterocycles. The van der Waals surface area contributed by atoms with Crippen LogP contribution in [0.15, 0.2) is 53.5 Å². The van der Waals surface area contributed by atoms with Crippen LogP contribution in [0.25, 0.3) is 0 Å². The topological polar surface area (TPSA) is 74.8 Å². The zero-order valence-electron chi connectivity index (χ0n) is 17.0. The highest BCUT2D eigenvalue weighted by molar-refractivity contribution is 5.80. The Kier molecular flexibility index (Phi) is 9.48. The molecule has 6 nitrogen and oxygen atoms in total. The summed E-state index contributed by atoms with van der Waals surface area (Å²) in [5.74, 6) is 1.01. The molecule has 0 aliphatic carbocycles. The maximum absolute atomic E-state index is 13.2. The first-order valence-corrected chi connectivity index (χ1v) is 9.86. The predicted octanol–water partition coefficient (Wildman–Crippen LogP) is 2.64. The number of benzene rings is 2. The van der Waals surface area contributed by atoms with Gasteiger partial charge in [0.1, 0.15) is 11.6 Å². The van der Waals surface area contributed by atoms with Gasteiger partial charge in [-0.15, -0.1) is 0 Å². The lowest BCUT2D eigenvalue weighted by Crippen LogP contribution is -2.41. The summed E-state index contributed by atoms with van der Waals surface area (Å²) in [7, 11) is 0. The van der Waals surface area contributed by atoms with E-state index in [1.54, 1.807) is 12.1 Å². The van der Waals surface area contributed by atoms with Crippen LogP contribution in [0.4, 0.5) is 4.39 Å². The van der Waals surface area contributed by atoms with Crippen molar-refractivity contribution in [3.05, 3.63) is 65.5 Å².